The standard InChI is InChI=1S/C13H16N4O2S/c1-9-4-6-11(7-5-9)20(18,19)17-13-8-12(14-3)15-10(2)16-13/h4-8H,1-3H3,(H2,14,15,16,17). The van der Waals surface area contributed by atoms with E-state index in [9.17, 15) is 8.42 Å². The van der Waals surface area contributed by atoms with Crippen LogP contribution in [-0.4, -0.2) is 25.4 Å². The maximum atomic E-state index is 12.2. The minimum Gasteiger partial charge on any atom is -0.373 e. The van der Waals surface area contributed by atoms with Crippen LogP contribution in [0.1, 0.15) is 11.4 Å². The molecule has 7 heteroatoms. The topological polar surface area (TPSA) is 84.0 Å². The lowest BCUT2D eigenvalue weighted by Gasteiger charge is -2.09. The van der Waals surface area contributed by atoms with Crippen LogP contribution >= 0.6 is 0 Å². The van der Waals surface area contributed by atoms with E-state index in [2.05, 4.69) is 20.0 Å². The number of nitrogens with one attached hydrogen (secondary N) is 2. The minimum atomic E-state index is -3.64. The lowest BCUT2D eigenvalue weighted by Crippen LogP contribution is -2.15. The Morgan fingerprint density at radius 3 is 2.20 bits per heavy atom. The van der Waals surface area contributed by atoms with E-state index >= 15 is 0 Å². The van der Waals surface area contributed by atoms with Crippen LogP contribution in [0, 0.1) is 13.8 Å². The molecule has 0 aliphatic rings. The van der Waals surface area contributed by atoms with Crippen molar-refractivity contribution < 1.29 is 8.42 Å². The first-order valence-corrected chi connectivity index (χ1v) is 7.52. The van der Waals surface area contributed by atoms with E-state index in [1.54, 1.807) is 44.3 Å². The Bertz CT molecular complexity index is 712. The van der Waals surface area contributed by atoms with E-state index in [0.29, 0.717) is 11.6 Å². The van der Waals surface area contributed by atoms with Crippen molar-refractivity contribution in [1.82, 2.24) is 9.97 Å². The SMILES string of the molecule is CNc1cc(NS(=O)(=O)c2ccc(C)cc2)nc(C)n1. The molecule has 2 rings (SSSR count). The Hall–Kier alpha value is -2.15. The van der Waals surface area contributed by atoms with Gasteiger partial charge in [-0.15, -0.1) is 0 Å². The fourth-order valence-electron chi connectivity index (χ4n) is 1.66. The van der Waals surface area contributed by atoms with Gasteiger partial charge in [0.25, 0.3) is 10.0 Å². The van der Waals surface area contributed by atoms with Crippen LogP contribution in [0.3, 0.4) is 0 Å². The van der Waals surface area contributed by atoms with Gasteiger partial charge in [-0.05, 0) is 26.0 Å². The number of benzene rings is 1. The van der Waals surface area contributed by atoms with Crippen LogP contribution in [0.2, 0.25) is 0 Å². The summed E-state index contributed by atoms with van der Waals surface area (Å²) in [4.78, 5) is 8.38. The zero-order chi connectivity index (χ0) is 14.8. The van der Waals surface area contributed by atoms with Crippen LogP contribution < -0.4 is 10.0 Å². The van der Waals surface area contributed by atoms with Crippen LogP contribution in [0.5, 0.6) is 0 Å². The normalized spacial score (nSPS) is 11.2. The molecule has 0 fully saturated rings. The number of nitrogens with zero attached hydrogens (tertiary/aromatic N) is 2. The number of hydrogen-bond donors (Lipinski definition) is 2. The molecule has 0 saturated carbocycles. The average molecular weight is 292 g/mol. The molecular formula is C13H16N4O2S. The molecule has 2 aromatic rings. The van der Waals surface area contributed by atoms with Gasteiger partial charge in [0.2, 0.25) is 0 Å². The smallest absolute Gasteiger partial charge is 0.263 e. The molecule has 2 N–H and O–H groups in total. The fourth-order valence-corrected chi connectivity index (χ4v) is 2.65. The Morgan fingerprint density at radius 1 is 1.00 bits per heavy atom. The Morgan fingerprint density at radius 2 is 1.60 bits per heavy atom. The monoisotopic (exact) mass is 292 g/mol. The van der Waals surface area contributed by atoms with E-state index in [-0.39, 0.29) is 10.7 Å². The van der Waals surface area contributed by atoms with Gasteiger partial charge in [-0.1, -0.05) is 17.7 Å². The highest BCUT2D eigenvalue weighted by molar-refractivity contribution is 7.92. The molecule has 0 spiro atoms. The van der Waals surface area contributed by atoms with Crippen LogP contribution in [-0.2, 0) is 10.0 Å². The zero-order valence-corrected chi connectivity index (χ0v) is 12.3. The molecule has 0 amide bonds. The quantitative estimate of drug-likeness (QED) is 0.899. The molecule has 0 aliphatic carbocycles. The highest BCUT2D eigenvalue weighted by atomic mass is 32.2. The predicted octanol–water partition coefficient (Wildman–Crippen LogP) is 1.94. The van der Waals surface area contributed by atoms with Crippen molar-refractivity contribution in [2.24, 2.45) is 0 Å². The second-order valence-electron chi connectivity index (χ2n) is 4.35. The lowest BCUT2D eigenvalue weighted by atomic mass is 10.2. The van der Waals surface area contributed by atoms with E-state index < -0.39 is 10.0 Å². The van der Waals surface area contributed by atoms with Crippen molar-refractivity contribution in [2.75, 3.05) is 17.1 Å². The van der Waals surface area contributed by atoms with Crippen LogP contribution in [0.4, 0.5) is 11.6 Å². The van der Waals surface area contributed by atoms with E-state index in [0.717, 1.165) is 5.56 Å². The summed E-state index contributed by atoms with van der Waals surface area (Å²) in [5.74, 6) is 1.28. The second-order valence-corrected chi connectivity index (χ2v) is 6.04. The molecule has 0 unspecified atom stereocenters. The van der Waals surface area contributed by atoms with E-state index in [1.165, 1.54) is 0 Å². The Kier molecular flexibility index (Phi) is 3.89. The van der Waals surface area contributed by atoms with Crippen molar-refractivity contribution in [1.29, 1.82) is 0 Å². The summed E-state index contributed by atoms with van der Waals surface area (Å²) in [6.45, 7) is 3.60. The van der Waals surface area contributed by atoms with Gasteiger partial charge in [0.15, 0.2) is 0 Å². The Balaban J connectivity index is 2.33. The molecule has 0 aliphatic heterocycles. The molecule has 0 atom stereocenters. The molecule has 0 bridgehead atoms. The highest BCUT2D eigenvalue weighted by Crippen LogP contribution is 2.17. The maximum Gasteiger partial charge on any atom is 0.263 e. The number of sulfonamides is 1. The third-order valence-electron chi connectivity index (χ3n) is 2.66. The van der Waals surface area contributed by atoms with E-state index in [1.807, 2.05) is 6.92 Å². The van der Waals surface area contributed by atoms with Crippen molar-refractivity contribution in [2.45, 2.75) is 18.7 Å². The van der Waals surface area contributed by atoms with Gasteiger partial charge < -0.3 is 5.32 Å². The summed E-state index contributed by atoms with van der Waals surface area (Å²) in [6, 6.07) is 8.16. The summed E-state index contributed by atoms with van der Waals surface area (Å²) in [7, 11) is -1.93. The predicted molar refractivity (Wildman–Crippen MR) is 78.3 cm³/mol. The van der Waals surface area contributed by atoms with E-state index in [4.69, 9.17) is 0 Å². The highest BCUT2D eigenvalue weighted by Gasteiger charge is 2.15. The van der Waals surface area contributed by atoms with Crippen molar-refractivity contribution in [3.05, 3.63) is 41.7 Å². The molecule has 1 aromatic carbocycles. The van der Waals surface area contributed by atoms with Crippen molar-refractivity contribution in [3.63, 3.8) is 0 Å². The van der Waals surface area contributed by atoms with Gasteiger partial charge in [0, 0.05) is 13.1 Å². The van der Waals surface area contributed by atoms with Gasteiger partial charge in [0.1, 0.15) is 17.5 Å². The van der Waals surface area contributed by atoms with Crippen LogP contribution in [0.25, 0.3) is 0 Å². The molecule has 20 heavy (non-hydrogen) atoms. The molecule has 6 nitrogen and oxygen atoms in total. The molecule has 1 aromatic heterocycles. The Labute approximate surface area is 118 Å². The average Bonchev–Trinajstić information content (AvgIpc) is 2.37. The third-order valence-corrected chi connectivity index (χ3v) is 4.03. The maximum absolute atomic E-state index is 12.2. The summed E-state index contributed by atoms with van der Waals surface area (Å²) < 4.78 is 26.9. The summed E-state index contributed by atoms with van der Waals surface area (Å²) in [5.41, 5.74) is 0.999. The number of anilines is 2. The molecule has 106 valence electrons. The number of aromatic nitrogens is 2. The number of rotatable bonds is 4. The lowest BCUT2D eigenvalue weighted by molar-refractivity contribution is 0.601. The minimum absolute atomic E-state index is 0.199. The fraction of sp³-hybridized carbons (Fsp3) is 0.231. The van der Waals surface area contributed by atoms with Crippen LogP contribution in [0.15, 0.2) is 35.2 Å². The first-order chi connectivity index (χ1) is 9.40. The van der Waals surface area contributed by atoms with Gasteiger partial charge in [-0.2, -0.15) is 0 Å². The number of hydrogen-bond acceptors (Lipinski definition) is 5. The van der Waals surface area contributed by atoms with Gasteiger partial charge >= 0.3 is 0 Å². The number of aryl methyl sites for hydroxylation is 2. The molecule has 0 saturated heterocycles. The first kappa shape index (κ1) is 14.3. The third kappa shape index (κ3) is 3.24. The summed E-state index contributed by atoms with van der Waals surface area (Å²) in [6.07, 6.45) is 0. The molecule has 1 heterocycles. The van der Waals surface area contributed by atoms with Gasteiger partial charge in [-0.3, -0.25) is 4.72 Å². The second kappa shape index (κ2) is 5.46. The molecule has 0 radical (unpaired) electrons. The zero-order valence-electron chi connectivity index (χ0n) is 11.5. The largest absolute Gasteiger partial charge is 0.373 e. The molecular weight excluding hydrogens is 276 g/mol. The summed E-state index contributed by atoms with van der Waals surface area (Å²) >= 11 is 0. The van der Waals surface area contributed by atoms with Crippen molar-refractivity contribution >= 4 is 21.7 Å². The summed E-state index contributed by atoms with van der Waals surface area (Å²) in [5, 5.41) is 2.86. The van der Waals surface area contributed by atoms with Gasteiger partial charge in [-0.25, -0.2) is 18.4 Å². The van der Waals surface area contributed by atoms with Crippen molar-refractivity contribution in [3.8, 4) is 0 Å². The van der Waals surface area contributed by atoms with Gasteiger partial charge in [0.05, 0.1) is 4.90 Å². The first-order valence-electron chi connectivity index (χ1n) is 6.03.